The summed E-state index contributed by atoms with van der Waals surface area (Å²) in [5, 5.41) is 3.37. The average molecular weight is 252 g/mol. The Morgan fingerprint density at radius 1 is 1.22 bits per heavy atom. The largest absolute Gasteiger partial charge is 0.342 e. The molecule has 0 bridgehead atoms. The molecule has 0 saturated carbocycles. The average Bonchev–Trinajstić information content (AvgIpc) is 2.75. The van der Waals surface area contributed by atoms with Gasteiger partial charge in [0.1, 0.15) is 0 Å². The van der Waals surface area contributed by atoms with Crippen molar-refractivity contribution in [2.45, 2.75) is 52.9 Å². The molecule has 3 nitrogen and oxygen atoms in total. The molecule has 1 N–H and O–H groups in total. The maximum Gasteiger partial charge on any atom is 0.230 e. The summed E-state index contributed by atoms with van der Waals surface area (Å²) in [7, 11) is 0. The minimum Gasteiger partial charge on any atom is -0.342 e. The predicted molar refractivity (Wildman–Crippen MR) is 74.4 cm³/mol. The Labute approximate surface area is 111 Å². The number of hydrogen-bond donors (Lipinski definition) is 1. The van der Waals surface area contributed by atoms with E-state index in [1.807, 2.05) is 0 Å². The van der Waals surface area contributed by atoms with Gasteiger partial charge in [0.25, 0.3) is 0 Å². The van der Waals surface area contributed by atoms with Crippen molar-refractivity contribution in [3.05, 3.63) is 0 Å². The van der Waals surface area contributed by atoms with Crippen LogP contribution in [0.1, 0.15) is 52.9 Å². The van der Waals surface area contributed by atoms with Crippen molar-refractivity contribution in [3.63, 3.8) is 0 Å². The maximum absolute atomic E-state index is 12.8. The van der Waals surface area contributed by atoms with Gasteiger partial charge in [-0.15, -0.1) is 0 Å². The van der Waals surface area contributed by atoms with E-state index in [2.05, 4.69) is 31.0 Å². The Morgan fingerprint density at radius 3 is 2.61 bits per heavy atom. The van der Waals surface area contributed by atoms with Gasteiger partial charge in [-0.3, -0.25) is 4.79 Å². The second-order valence-corrected chi connectivity index (χ2v) is 6.87. The van der Waals surface area contributed by atoms with Crippen molar-refractivity contribution in [3.8, 4) is 0 Å². The highest BCUT2D eigenvalue weighted by atomic mass is 16.2. The molecule has 1 unspecified atom stereocenters. The van der Waals surface area contributed by atoms with Crippen LogP contribution in [0.3, 0.4) is 0 Å². The van der Waals surface area contributed by atoms with Gasteiger partial charge in [-0.1, -0.05) is 20.8 Å². The highest BCUT2D eigenvalue weighted by molar-refractivity contribution is 5.83. The maximum atomic E-state index is 12.8. The second kappa shape index (κ2) is 5.20. The van der Waals surface area contributed by atoms with Crippen LogP contribution in [0.25, 0.3) is 0 Å². The number of carbonyl (C=O) groups excluding carboxylic acids is 1. The van der Waals surface area contributed by atoms with Crippen molar-refractivity contribution in [1.29, 1.82) is 0 Å². The summed E-state index contributed by atoms with van der Waals surface area (Å²) in [6.45, 7) is 10.6. The molecule has 2 aliphatic heterocycles. The summed E-state index contributed by atoms with van der Waals surface area (Å²) in [5.74, 6) is 0.410. The highest BCUT2D eigenvalue weighted by Gasteiger charge is 2.42. The van der Waals surface area contributed by atoms with Crippen molar-refractivity contribution < 1.29 is 4.79 Å². The molecular formula is C15H28N2O. The predicted octanol–water partition coefficient (Wildman–Crippen LogP) is 2.41. The molecule has 2 fully saturated rings. The van der Waals surface area contributed by atoms with Crippen LogP contribution >= 0.6 is 0 Å². The second-order valence-electron chi connectivity index (χ2n) is 6.87. The Morgan fingerprint density at radius 2 is 2.00 bits per heavy atom. The fraction of sp³-hybridized carbons (Fsp3) is 0.933. The topological polar surface area (TPSA) is 32.3 Å². The van der Waals surface area contributed by atoms with Crippen LogP contribution < -0.4 is 5.32 Å². The third kappa shape index (κ3) is 2.71. The fourth-order valence-corrected chi connectivity index (χ4v) is 3.34. The lowest BCUT2D eigenvalue weighted by molar-refractivity contribution is -0.141. The van der Waals surface area contributed by atoms with E-state index in [-0.39, 0.29) is 5.41 Å². The Kier molecular flexibility index (Phi) is 4.00. The number of hydrogen-bond acceptors (Lipinski definition) is 2. The molecule has 1 amide bonds. The number of nitrogens with one attached hydrogen (secondary N) is 1. The summed E-state index contributed by atoms with van der Waals surface area (Å²) >= 11 is 0. The van der Waals surface area contributed by atoms with Gasteiger partial charge in [0.2, 0.25) is 5.91 Å². The molecule has 2 saturated heterocycles. The van der Waals surface area contributed by atoms with Crippen LogP contribution in [0, 0.1) is 10.8 Å². The molecule has 0 aromatic heterocycles. The third-order valence-electron chi connectivity index (χ3n) is 5.00. The summed E-state index contributed by atoms with van der Waals surface area (Å²) < 4.78 is 0. The smallest absolute Gasteiger partial charge is 0.230 e. The van der Waals surface area contributed by atoms with Gasteiger partial charge in [0, 0.05) is 19.6 Å². The summed E-state index contributed by atoms with van der Waals surface area (Å²) in [4.78, 5) is 14.9. The molecule has 18 heavy (non-hydrogen) atoms. The molecular weight excluding hydrogens is 224 g/mol. The molecule has 0 aromatic carbocycles. The molecule has 104 valence electrons. The lowest BCUT2D eigenvalue weighted by Crippen LogP contribution is -2.45. The normalized spacial score (nSPS) is 32.3. The first kappa shape index (κ1) is 13.9. The van der Waals surface area contributed by atoms with Gasteiger partial charge in [0.15, 0.2) is 0 Å². The minimum atomic E-state index is -0.103. The van der Waals surface area contributed by atoms with E-state index in [0.29, 0.717) is 11.3 Å². The Balaban J connectivity index is 2.04. The first-order chi connectivity index (χ1) is 8.49. The fourth-order valence-electron chi connectivity index (χ4n) is 3.34. The van der Waals surface area contributed by atoms with Crippen molar-refractivity contribution in [2.24, 2.45) is 10.8 Å². The van der Waals surface area contributed by atoms with E-state index in [0.717, 1.165) is 51.9 Å². The molecule has 0 radical (unpaired) electrons. The molecule has 2 rings (SSSR count). The standard InChI is InChI=1S/C15H28N2O/c1-4-15(7-9-16-12-15)13(18)17-10-5-6-14(2,3)8-11-17/h16H,4-12H2,1-3H3. The minimum absolute atomic E-state index is 0.103. The van der Waals surface area contributed by atoms with Gasteiger partial charge in [-0.2, -0.15) is 0 Å². The zero-order chi connectivity index (χ0) is 13.2. The molecule has 3 heteroatoms. The number of amides is 1. The van der Waals surface area contributed by atoms with Crippen LogP contribution in [0.5, 0.6) is 0 Å². The van der Waals surface area contributed by atoms with Crippen LogP contribution in [-0.2, 0) is 4.79 Å². The molecule has 0 aliphatic carbocycles. The summed E-state index contributed by atoms with van der Waals surface area (Å²) in [6.07, 6.45) is 5.53. The monoisotopic (exact) mass is 252 g/mol. The molecule has 0 spiro atoms. The van der Waals surface area contributed by atoms with Gasteiger partial charge in [-0.05, 0) is 44.1 Å². The van der Waals surface area contributed by atoms with Crippen molar-refractivity contribution >= 4 is 5.91 Å². The number of nitrogens with zero attached hydrogens (tertiary/aromatic N) is 1. The first-order valence-corrected chi connectivity index (χ1v) is 7.49. The van der Waals surface area contributed by atoms with Gasteiger partial charge >= 0.3 is 0 Å². The van der Waals surface area contributed by atoms with Crippen LogP contribution in [0.4, 0.5) is 0 Å². The molecule has 2 aliphatic rings. The Bertz CT molecular complexity index is 306. The zero-order valence-corrected chi connectivity index (χ0v) is 12.2. The van der Waals surface area contributed by atoms with Crippen molar-refractivity contribution in [1.82, 2.24) is 10.2 Å². The van der Waals surface area contributed by atoms with E-state index in [1.165, 1.54) is 6.42 Å². The molecule has 0 aromatic rings. The van der Waals surface area contributed by atoms with Crippen LogP contribution in [0.15, 0.2) is 0 Å². The number of likely N-dealkylation sites (tertiary alicyclic amines) is 1. The molecule has 1 atom stereocenters. The van der Waals surface area contributed by atoms with E-state index in [4.69, 9.17) is 0 Å². The van der Waals surface area contributed by atoms with E-state index in [9.17, 15) is 4.79 Å². The Hall–Kier alpha value is -0.570. The van der Waals surface area contributed by atoms with Crippen LogP contribution in [-0.4, -0.2) is 37.0 Å². The third-order valence-corrected chi connectivity index (χ3v) is 5.00. The molecule has 2 heterocycles. The number of carbonyl (C=O) groups is 1. The lowest BCUT2D eigenvalue weighted by atomic mass is 9.82. The summed E-state index contributed by atoms with van der Waals surface area (Å²) in [6, 6.07) is 0. The number of rotatable bonds is 2. The van der Waals surface area contributed by atoms with Gasteiger partial charge in [-0.25, -0.2) is 0 Å². The van der Waals surface area contributed by atoms with E-state index < -0.39 is 0 Å². The van der Waals surface area contributed by atoms with Crippen LogP contribution in [0.2, 0.25) is 0 Å². The van der Waals surface area contributed by atoms with E-state index >= 15 is 0 Å². The quantitative estimate of drug-likeness (QED) is 0.818. The summed E-state index contributed by atoms with van der Waals surface area (Å²) in [5.41, 5.74) is 0.302. The highest BCUT2D eigenvalue weighted by Crippen LogP contribution is 2.35. The first-order valence-electron chi connectivity index (χ1n) is 7.49. The van der Waals surface area contributed by atoms with Gasteiger partial charge in [0.05, 0.1) is 5.41 Å². The zero-order valence-electron chi connectivity index (χ0n) is 12.2. The SMILES string of the molecule is CCC1(C(=O)N2CCCC(C)(C)CC2)CCNC1. The van der Waals surface area contributed by atoms with Gasteiger partial charge < -0.3 is 10.2 Å². The van der Waals surface area contributed by atoms with Crippen molar-refractivity contribution in [2.75, 3.05) is 26.2 Å². The lowest BCUT2D eigenvalue weighted by Gasteiger charge is -2.33. The van der Waals surface area contributed by atoms with E-state index in [1.54, 1.807) is 0 Å².